The molecule has 0 bridgehead atoms. The molecule has 4 heterocycles. The molecule has 168 valence electrons. The number of rotatable bonds is 4. The molecule has 6 rings (SSSR count). The molecular weight excluding hydrogens is 438 g/mol. The Labute approximate surface area is 193 Å². The van der Waals surface area contributed by atoms with Gasteiger partial charge in [-0.3, -0.25) is 24.5 Å². The summed E-state index contributed by atoms with van der Waals surface area (Å²) in [4.78, 5) is 54.3. The molecule has 0 radical (unpaired) electrons. The molecule has 0 N–H and O–H groups in total. The van der Waals surface area contributed by atoms with Crippen LogP contribution in [0.2, 0.25) is 0 Å². The average molecular weight is 455 g/mol. The summed E-state index contributed by atoms with van der Waals surface area (Å²) in [7, 11) is 0. The van der Waals surface area contributed by atoms with E-state index in [2.05, 4.69) is 0 Å². The van der Waals surface area contributed by atoms with Gasteiger partial charge in [0.1, 0.15) is 6.04 Å². The van der Waals surface area contributed by atoms with Crippen LogP contribution in [0.4, 0.5) is 11.4 Å². The highest BCUT2D eigenvalue weighted by atomic mass is 16.6. The molecule has 4 atom stereocenters. The highest BCUT2D eigenvalue weighted by Gasteiger charge is 2.64. The molecule has 3 aliphatic rings. The maximum Gasteiger partial charge on any atom is 0.269 e. The van der Waals surface area contributed by atoms with E-state index in [1.165, 1.54) is 30.5 Å². The van der Waals surface area contributed by atoms with E-state index >= 15 is 0 Å². The number of Topliss-reactive ketones (excluding diaryl/α,β-unsaturated/α-hetero) is 1. The van der Waals surface area contributed by atoms with Gasteiger partial charge in [-0.15, -0.1) is 0 Å². The Bertz CT molecular complexity index is 1380. The lowest BCUT2D eigenvalue weighted by atomic mass is 9.84. The van der Waals surface area contributed by atoms with Crippen molar-refractivity contribution in [2.24, 2.45) is 11.8 Å². The Balaban J connectivity index is 1.47. The van der Waals surface area contributed by atoms with Gasteiger partial charge >= 0.3 is 0 Å². The molecule has 1 aromatic heterocycles. The summed E-state index contributed by atoms with van der Waals surface area (Å²) in [6, 6.07) is 14.6. The molecule has 0 spiro atoms. The number of ketones is 1. The number of anilines is 1. The first-order valence-electron chi connectivity index (χ1n) is 10.7. The fourth-order valence-corrected chi connectivity index (χ4v) is 5.40. The lowest BCUT2D eigenvalue weighted by molar-refractivity contribution is -0.384. The minimum absolute atomic E-state index is 0.116. The van der Waals surface area contributed by atoms with Crippen molar-refractivity contribution in [3.8, 4) is 0 Å². The van der Waals surface area contributed by atoms with Crippen molar-refractivity contribution in [1.82, 2.24) is 4.90 Å². The fraction of sp³-hybridized carbons (Fsp3) is 0.160. The van der Waals surface area contributed by atoms with Crippen LogP contribution in [-0.2, 0) is 9.59 Å². The number of amides is 2. The lowest BCUT2D eigenvalue weighted by Crippen LogP contribution is -2.44. The van der Waals surface area contributed by atoms with Crippen LogP contribution in [0, 0.1) is 22.0 Å². The first kappa shape index (κ1) is 20.1. The van der Waals surface area contributed by atoms with E-state index in [0.717, 1.165) is 16.0 Å². The number of imide groups is 1. The van der Waals surface area contributed by atoms with E-state index in [4.69, 9.17) is 4.42 Å². The normalized spacial score (nSPS) is 24.7. The zero-order chi connectivity index (χ0) is 23.6. The number of fused-ring (bicyclic) bond motifs is 5. The van der Waals surface area contributed by atoms with E-state index < -0.39 is 40.7 Å². The molecule has 3 aliphatic heterocycles. The zero-order valence-corrected chi connectivity index (χ0v) is 17.6. The predicted molar refractivity (Wildman–Crippen MR) is 119 cm³/mol. The number of carbonyl (C=O) groups excluding carboxylic acids is 3. The van der Waals surface area contributed by atoms with Gasteiger partial charge in [0.2, 0.25) is 17.6 Å². The summed E-state index contributed by atoms with van der Waals surface area (Å²) in [5, 5.41) is 11.0. The van der Waals surface area contributed by atoms with Gasteiger partial charge in [-0.05, 0) is 41.5 Å². The van der Waals surface area contributed by atoms with Crippen LogP contribution >= 0.6 is 0 Å². The third-order valence-electron chi connectivity index (χ3n) is 6.81. The fourth-order valence-electron chi connectivity index (χ4n) is 5.40. The predicted octanol–water partition coefficient (Wildman–Crippen LogP) is 3.59. The van der Waals surface area contributed by atoms with Crippen LogP contribution in [0.3, 0.4) is 0 Å². The summed E-state index contributed by atoms with van der Waals surface area (Å²) >= 11 is 0. The van der Waals surface area contributed by atoms with E-state index in [-0.39, 0.29) is 22.9 Å². The second kappa shape index (κ2) is 7.24. The third kappa shape index (κ3) is 2.70. The molecule has 3 aromatic rings. The number of non-ortho nitro benzene ring substituents is 1. The Hall–Kier alpha value is -4.53. The number of nitro groups is 1. The van der Waals surface area contributed by atoms with Gasteiger partial charge in [0.15, 0.2) is 5.76 Å². The van der Waals surface area contributed by atoms with Gasteiger partial charge in [-0.1, -0.05) is 24.3 Å². The Morgan fingerprint density at radius 1 is 0.941 bits per heavy atom. The van der Waals surface area contributed by atoms with Crippen LogP contribution in [0.15, 0.2) is 77.5 Å². The van der Waals surface area contributed by atoms with E-state index in [1.54, 1.807) is 23.2 Å². The van der Waals surface area contributed by atoms with Gasteiger partial charge in [-0.25, -0.2) is 4.90 Å². The quantitative estimate of drug-likeness (QED) is 0.256. The van der Waals surface area contributed by atoms with Crippen molar-refractivity contribution in [3.05, 3.63) is 100 Å². The molecule has 2 amide bonds. The van der Waals surface area contributed by atoms with Crippen molar-refractivity contribution in [1.29, 1.82) is 0 Å². The third-order valence-corrected chi connectivity index (χ3v) is 6.81. The maximum absolute atomic E-state index is 13.7. The highest BCUT2D eigenvalue weighted by molar-refractivity contribution is 6.24. The first-order chi connectivity index (χ1) is 16.5. The number of benzene rings is 2. The summed E-state index contributed by atoms with van der Waals surface area (Å²) in [5.41, 5.74) is 1.88. The maximum atomic E-state index is 13.7. The second-order valence-electron chi connectivity index (χ2n) is 8.46. The Kier molecular flexibility index (Phi) is 4.28. The van der Waals surface area contributed by atoms with E-state index in [9.17, 15) is 24.5 Å². The monoisotopic (exact) mass is 455 g/mol. The minimum Gasteiger partial charge on any atom is -0.461 e. The number of nitro benzene ring substituents is 1. The number of nitrogens with zero attached hydrogens (tertiary/aromatic N) is 3. The van der Waals surface area contributed by atoms with Crippen LogP contribution in [0.1, 0.15) is 27.7 Å². The molecule has 0 aliphatic carbocycles. The summed E-state index contributed by atoms with van der Waals surface area (Å²) < 4.78 is 5.34. The molecule has 2 saturated heterocycles. The largest absolute Gasteiger partial charge is 0.461 e. The average Bonchev–Trinajstić information content (AvgIpc) is 3.55. The van der Waals surface area contributed by atoms with Gasteiger partial charge in [0.25, 0.3) is 5.69 Å². The molecule has 9 heteroatoms. The zero-order valence-electron chi connectivity index (χ0n) is 17.6. The number of hydrogen-bond donors (Lipinski definition) is 0. The standard InChI is InChI=1S/C25H17N3O6/c29-23(18-6-3-13-34-18)22-20-19(21-17-5-2-1-4-14(17)11-12-26(21)22)24(30)27(25(20)31)15-7-9-16(10-8-15)28(32)33/h1-13,19-22H/t19-,20+,21-,22-/m0/s1. The molecule has 2 fully saturated rings. The summed E-state index contributed by atoms with van der Waals surface area (Å²) in [6.45, 7) is 0. The topological polar surface area (TPSA) is 114 Å². The number of furan rings is 1. The Morgan fingerprint density at radius 3 is 2.38 bits per heavy atom. The van der Waals surface area contributed by atoms with Gasteiger partial charge in [-0.2, -0.15) is 0 Å². The van der Waals surface area contributed by atoms with E-state index in [0.29, 0.717) is 0 Å². The minimum atomic E-state index is -0.930. The van der Waals surface area contributed by atoms with Crippen molar-refractivity contribution in [2.75, 3.05) is 4.90 Å². The number of hydrogen-bond acceptors (Lipinski definition) is 7. The van der Waals surface area contributed by atoms with Crippen molar-refractivity contribution in [3.63, 3.8) is 0 Å². The summed E-state index contributed by atoms with van der Waals surface area (Å²) in [5.74, 6) is -2.92. The van der Waals surface area contributed by atoms with Crippen LogP contribution in [0.5, 0.6) is 0 Å². The molecular formula is C25H17N3O6. The second-order valence-corrected chi connectivity index (χ2v) is 8.46. The molecule has 2 aromatic carbocycles. The van der Waals surface area contributed by atoms with Crippen LogP contribution in [-0.4, -0.2) is 33.5 Å². The van der Waals surface area contributed by atoms with Crippen molar-refractivity contribution in [2.45, 2.75) is 12.1 Å². The van der Waals surface area contributed by atoms with Crippen LogP contribution < -0.4 is 4.90 Å². The SMILES string of the molecule is O=C(c1ccco1)[C@@H]1[C@@H]2C(=O)N(c3ccc([N+](=O)[O-])cc3)C(=O)[C@@H]2[C@@H]2c3ccccc3C=CN12. The highest BCUT2D eigenvalue weighted by Crippen LogP contribution is 2.53. The van der Waals surface area contributed by atoms with Gasteiger partial charge in [0.05, 0.1) is 34.8 Å². The Morgan fingerprint density at radius 2 is 1.68 bits per heavy atom. The van der Waals surface area contributed by atoms with E-state index in [1.807, 2.05) is 30.3 Å². The molecule has 34 heavy (non-hydrogen) atoms. The van der Waals surface area contributed by atoms with Gasteiger partial charge < -0.3 is 9.32 Å². The van der Waals surface area contributed by atoms with Crippen molar-refractivity contribution < 1.29 is 23.7 Å². The molecule has 0 unspecified atom stereocenters. The van der Waals surface area contributed by atoms with Crippen molar-refractivity contribution >= 4 is 35.0 Å². The molecule has 9 nitrogen and oxygen atoms in total. The smallest absolute Gasteiger partial charge is 0.269 e. The van der Waals surface area contributed by atoms with Gasteiger partial charge in [0, 0.05) is 18.3 Å². The lowest BCUT2D eigenvalue weighted by Gasteiger charge is -2.35. The first-order valence-corrected chi connectivity index (χ1v) is 10.7. The summed E-state index contributed by atoms with van der Waals surface area (Å²) in [6.07, 6.45) is 5.04. The van der Waals surface area contributed by atoms with Crippen LogP contribution in [0.25, 0.3) is 6.08 Å². The molecule has 0 saturated carbocycles. The number of carbonyl (C=O) groups is 3.